The molecule has 0 aliphatic heterocycles. The number of thiocarbonyl (C=S) groups is 1. The van der Waals surface area contributed by atoms with Crippen molar-refractivity contribution in [1.29, 1.82) is 0 Å². The lowest BCUT2D eigenvalue weighted by Crippen LogP contribution is -2.50. The summed E-state index contributed by atoms with van der Waals surface area (Å²) in [5.41, 5.74) is 4.36. The summed E-state index contributed by atoms with van der Waals surface area (Å²) in [7, 11) is 3.10. The number of ether oxygens (including phenoxy) is 1. The van der Waals surface area contributed by atoms with Crippen LogP contribution in [0.4, 0.5) is 0 Å². The number of likely N-dealkylation sites (N-methyl/N-ethyl adjacent to an activating group) is 1. The van der Waals surface area contributed by atoms with Crippen molar-refractivity contribution in [3.05, 3.63) is 162 Å². The molecule has 4 aromatic carbocycles. The molecular weight excluding hydrogens is 631 g/mol. The lowest BCUT2D eigenvalue weighted by atomic mass is 9.77. The highest BCUT2D eigenvalue weighted by molar-refractivity contribution is 7.80. The van der Waals surface area contributed by atoms with Crippen LogP contribution >= 0.6 is 12.2 Å². The van der Waals surface area contributed by atoms with Crippen LogP contribution in [0.2, 0.25) is 0 Å². The lowest BCUT2D eigenvalue weighted by molar-refractivity contribution is -0.129. The average Bonchev–Trinajstić information content (AvgIpc) is 3.61. The van der Waals surface area contributed by atoms with Crippen molar-refractivity contribution < 1.29 is 14.3 Å². The number of aromatic nitrogens is 2. The van der Waals surface area contributed by atoms with E-state index in [1.54, 1.807) is 7.05 Å². The van der Waals surface area contributed by atoms with Gasteiger partial charge in [0.25, 0.3) is 0 Å². The van der Waals surface area contributed by atoms with E-state index in [0.717, 1.165) is 29.5 Å². The smallest absolute Gasteiger partial charge is 0.242 e. The van der Waals surface area contributed by atoms with Crippen molar-refractivity contribution in [2.75, 3.05) is 33.8 Å². The van der Waals surface area contributed by atoms with Crippen LogP contribution < -0.4 is 10.6 Å². The van der Waals surface area contributed by atoms with Gasteiger partial charge in [0.2, 0.25) is 11.8 Å². The molecule has 0 radical (unpaired) electrons. The van der Waals surface area contributed by atoms with E-state index in [2.05, 4.69) is 63.7 Å². The van der Waals surface area contributed by atoms with Crippen molar-refractivity contribution in [1.82, 2.24) is 25.1 Å². The van der Waals surface area contributed by atoms with E-state index in [0.29, 0.717) is 23.8 Å². The number of methoxy groups -OCH3 is 1. The van der Waals surface area contributed by atoms with Crippen molar-refractivity contribution in [2.24, 2.45) is 0 Å². The molecule has 0 saturated heterocycles. The first-order valence-electron chi connectivity index (χ1n) is 16.5. The molecule has 5 aromatic rings. The van der Waals surface area contributed by atoms with E-state index < -0.39 is 11.6 Å². The van der Waals surface area contributed by atoms with Gasteiger partial charge in [-0.15, -0.1) is 0 Å². The molecule has 0 aliphatic rings. The molecule has 0 bridgehead atoms. The van der Waals surface area contributed by atoms with E-state index in [1.807, 2.05) is 90.2 Å². The van der Waals surface area contributed by atoms with Crippen LogP contribution in [0.3, 0.4) is 0 Å². The van der Waals surface area contributed by atoms with E-state index in [4.69, 9.17) is 21.9 Å². The molecule has 49 heavy (non-hydrogen) atoms. The fraction of sp³-hybridized carbons (Fsp3) is 0.250. The molecule has 9 heteroatoms. The van der Waals surface area contributed by atoms with Gasteiger partial charge in [-0.1, -0.05) is 121 Å². The Morgan fingerprint density at radius 2 is 1.37 bits per heavy atom. The van der Waals surface area contributed by atoms with Gasteiger partial charge in [0.15, 0.2) is 5.05 Å². The summed E-state index contributed by atoms with van der Waals surface area (Å²) >= 11 is 5.33. The standard InChI is InChI=1S/C40H43N5O3S/c1-41-39(47)36(43-37(46)28-44(29-38(49)48-2)25-15-18-31-16-7-3-8-17-31)26-35-27-45(30-42-35)40(32-19-9-4-10-20-32,33-21-11-5-12-22-33)34-23-13-6-14-24-34/h3-14,16-17,19-24,27,30,36H,15,18,25-26,28-29H2,1-2H3,(H,41,47)(H,43,46)/t36-/m0/s1. The predicted molar refractivity (Wildman–Crippen MR) is 197 cm³/mol. The maximum absolute atomic E-state index is 13.5. The summed E-state index contributed by atoms with van der Waals surface area (Å²) in [5.74, 6) is -0.578. The van der Waals surface area contributed by atoms with E-state index in [1.165, 1.54) is 12.7 Å². The molecule has 8 nitrogen and oxygen atoms in total. The molecule has 0 aliphatic carbocycles. The second-order valence-corrected chi connectivity index (χ2v) is 12.4. The fourth-order valence-electron chi connectivity index (χ4n) is 6.29. The third-order valence-electron chi connectivity index (χ3n) is 8.64. The van der Waals surface area contributed by atoms with Gasteiger partial charge in [0.1, 0.15) is 11.6 Å². The Kier molecular flexibility index (Phi) is 12.4. The van der Waals surface area contributed by atoms with Gasteiger partial charge in [-0.2, -0.15) is 0 Å². The molecule has 2 N–H and O–H groups in total. The second-order valence-electron chi connectivity index (χ2n) is 11.9. The van der Waals surface area contributed by atoms with Gasteiger partial charge in [0, 0.05) is 19.7 Å². The maximum atomic E-state index is 13.5. The zero-order valence-corrected chi connectivity index (χ0v) is 28.8. The molecule has 1 aromatic heterocycles. The average molecular weight is 674 g/mol. The van der Waals surface area contributed by atoms with E-state index in [-0.39, 0.29) is 24.8 Å². The highest BCUT2D eigenvalue weighted by atomic mass is 32.1. The number of nitrogens with zero attached hydrogens (tertiary/aromatic N) is 3. The molecule has 0 saturated carbocycles. The summed E-state index contributed by atoms with van der Waals surface area (Å²) in [6, 6.07) is 40.4. The minimum absolute atomic E-state index is 0.0688. The van der Waals surface area contributed by atoms with Crippen molar-refractivity contribution in [3.8, 4) is 0 Å². The number of imidazole rings is 1. The number of nitrogens with one attached hydrogen (secondary N) is 2. The first kappa shape index (κ1) is 35.2. The summed E-state index contributed by atoms with van der Waals surface area (Å²) in [6.45, 7) is 1.05. The van der Waals surface area contributed by atoms with Crippen LogP contribution in [0.15, 0.2) is 134 Å². The number of hydrogen-bond acceptors (Lipinski definition) is 6. The van der Waals surface area contributed by atoms with Gasteiger partial charge >= 0.3 is 0 Å². The largest absolute Gasteiger partial charge is 0.489 e. The van der Waals surface area contributed by atoms with Crippen LogP contribution in [-0.4, -0.2) is 71.1 Å². The molecule has 0 spiro atoms. The zero-order valence-electron chi connectivity index (χ0n) is 28.0. The normalized spacial score (nSPS) is 11.9. The number of amides is 2. The van der Waals surface area contributed by atoms with Crippen LogP contribution in [0.25, 0.3) is 0 Å². The van der Waals surface area contributed by atoms with Crippen molar-refractivity contribution in [2.45, 2.75) is 30.8 Å². The Labute approximate surface area is 294 Å². The summed E-state index contributed by atoms with van der Waals surface area (Å²) in [4.78, 5) is 33.3. The lowest BCUT2D eigenvalue weighted by Gasteiger charge is -2.37. The Balaban J connectivity index is 1.38. The van der Waals surface area contributed by atoms with Gasteiger partial charge in [-0.25, -0.2) is 4.98 Å². The van der Waals surface area contributed by atoms with Gasteiger partial charge in [-0.3, -0.25) is 14.5 Å². The van der Waals surface area contributed by atoms with Crippen LogP contribution in [0.5, 0.6) is 0 Å². The Morgan fingerprint density at radius 3 is 1.88 bits per heavy atom. The summed E-state index contributed by atoms with van der Waals surface area (Å²) < 4.78 is 7.35. The third-order valence-corrected chi connectivity index (χ3v) is 8.94. The number of benzene rings is 4. The van der Waals surface area contributed by atoms with E-state index in [9.17, 15) is 9.59 Å². The van der Waals surface area contributed by atoms with Gasteiger partial charge in [-0.05, 0) is 53.9 Å². The third kappa shape index (κ3) is 8.87. The minimum atomic E-state index is -0.832. The first-order valence-corrected chi connectivity index (χ1v) is 16.9. The molecule has 0 fully saturated rings. The fourth-order valence-corrected chi connectivity index (χ4v) is 6.47. The Hall–Kier alpha value is -5.12. The highest BCUT2D eigenvalue weighted by Gasteiger charge is 2.38. The Morgan fingerprint density at radius 1 is 0.837 bits per heavy atom. The van der Waals surface area contributed by atoms with E-state index >= 15 is 0 Å². The molecule has 5 rings (SSSR count). The number of carbonyl (C=O) groups excluding carboxylic acids is 2. The molecule has 1 atom stereocenters. The maximum Gasteiger partial charge on any atom is 0.242 e. The first-order chi connectivity index (χ1) is 23.9. The quantitative estimate of drug-likeness (QED) is 0.108. The number of aryl methyl sites for hydroxylation is 1. The summed E-state index contributed by atoms with van der Waals surface area (Å²) in [5, 5.41) is 6.08. The van der Waals surface area contributed by atoms with Crippen molar-refractivity contribution >= 4 is 29.1 Å². The molecular formula is C40H43N5O3S. The zero-order chi connectivity index (χ0) is 34.5. The second kappa shape index (κ2) is 17.3. The Bertz CT molecular complexity index is 1690. The molecule has 0 unspecified atom stereocenters. The molecule has 1 heterocycles. The molecule has 2 amide bonds. The SMILES string of the molecule is CNC(=O)[C@H](Cc1cn(C(c2ccccc2)(c2ccccc2)c2ccccc2)cn1)NC(=O)CN(CCCc1ccccc1)CC(=S)OC. The topological polar surface area (TPSA) is 88.5 Å². The predicted octanol–water partition coefficient (Wildman–Crippen LogP) is 5.41. The number of rotatable bonds is 16. The van der Waals surface area contributed by atoms with Gasteiger partial charge < -0.3 is 19.9 Å². The van der Waals surface area contributed by atoms with Gasteiger partial charge in [0.05, 0.1) is 32.2 Å². The molecule has 252 valence electrons. The van der Waals surface area contributed by atoms with Crippen LogP contribution in [0, 0.1) is 0 Å². The number of hydrogen-bond donors (Lipinski definition) is 2. The van der Waals surface area contributed by atoms with Crippen molar-refractivity contribution in [3.63, 3.8) is 0 Å². The number of carbonyl (C=O) groups is 2. The summed E-state index contributed by atoms with van der Waals surface area (Å²) in [6.07, 6.45) is 5.70. The highest BCUT2D eigenvalue weighted by Crippen LogP contribution is 2.40. The van der Waals surface area contributed by atoms with Crippen LogP contribution in [0.1, 0.15) is 34.4 Å². The monoisotopic (exact) mass is 673 g/mol. The minimum Gasteiger partial charge on any atom is -0.489 e. The van der Waals surface area contributed by atoms with Crippen LogP contribution in [-0.2, 0) is 32.7 Å².